The number of nitrogens with two attached hydrogens (primary N) is 1. The molecule has 0 radical (unpaired) electrons. The molecule has 4 heteroatoms. The molecule has 2 nitrogen and oxygen atoms in total. The predicted octanol–water partition coefficient (Wildman–Crippen LogP) is 2.43. The minimum Gasteiger partial charge on any atom is -0.299 e. The van der Waals surface area contributed by atoms with Gasteiger partial charge in [0.05, 0.1) is 0 Å². The highest BCUT2D eigenvalue weighted by atomic mass is 32.1. The average Bonchev–Trinajstić information content (AvgIpc) is 2.46. The van der Waals surface area contributed by atoms with Crippen molar-refractivity contribution in [2.75, 3.05) is 0 Å². The van der Waals surface area contributed by atoms with Crippen LogP contribution >= 0.6 is 11.3 Å². The van der Waals surface area contributed by atoms with Crippen molar-refractivity contribution in [3.8, 4) is 0 Å². The zero-order valence-corrected chi connectivity index (χ0v) is 7.60. The second-order valence-electron chi connectivity index (χ2n) is 2.71. The summed E-state index contributed by atoms with van der Waals surface area (Å²) < 4.78 is 13.7. The fourth-order valence-electron chi connectivity index (χ4n) is 1.21. The Morgan fingerprint density at radius 1 is 1.38 bits per heavy atom. The summed E-state index contributed by atoms with van der Waals surface area (Å²) in [6, 6.07) is 6.66. The third-order valence-corrected chi connectivity index (χ3v) is 2.83. The van der Waals surface area contributed by atoms with Gasteiger partial charge in [0.1, 0.15) is 12.4 Å². The van der Waals surface area contributed by atoms with Gasteiger partial charge in [-0.2, -0.15) is 0 Å². The van der Waals surface area contributed by atoms with Crippen LogP contribution in [0.2, 0.25) is 0 Å². The van der Waals surface area contributed by atoms with Crippen molar-refractivity contribution >= 4 is 21.4 Å². The van der Waals surface area contributed by atoms with E-state index in [1.54, 1.807) is 6.07 Å². The Hall–Kier alpha value is -0.970. The highest BCUT2D eigenvalue weighted by molar-refractivity contribution is 7.19. The Balaban J connectivity index is 2.49. The van der Waals surface area contributed by atoms with Crippen LogP contribution in [0.15, 0.2) is 24.3 Å². The van der Waals surface area contributed by atoms with Gasteiger partial charge in [0, 0.05) is 9.58 Å². The lowest BCUT2D eigenvalue weighted by atomic mass is 10.2. The SMILES string of the molecule is NOCc1cc2ccc(F)cc2s1. The second kappa shape index (κ2) is 3.41. The fourth-order valence-corrected chi connectivity index (χ4v) is 2.22. The Morgan fingerprint density at radius 2 is 2.23 bits per heavy atom. The van der Waals surface area contributed by atoms with Crippen LogP contribution in [-0.4, -0.2) is 0 Å². The van der Waals surface area contributed by atoms with E-state index in [1.807, 2.05) is 6.07 Å². The number of rotatable bonds is 2. The highest BCUT2D eigenvalue weighted by Crippen LogP contribution is 2.26. The molecule has 0 saturated carbocycles. The molecular formula is C9H8FNOS. The maximum absolute atomic E-state index is 12.8. The Labute approximate surface area is 78.7 Å². The van der Waals surface area contributed by atoms with Crippen LogP contribution in [0.25, 0.3) is 10.1 Å². The molecule has 0 spiro atoms. The maximum atomic E-state index is 12.8. The molecule has 68 valence electrons. The topological polar surface area (TPSA) is 35.2 Å². The summed E-state index contributed by atoms with van der Waals surface area (Å²) in [5.74, 6) is 4.73. The summed E-state index contributed by atoms with van der Waals surface area (Å²) in [6.07, 6.45) is 0. The lowest BCUT2D eigenvalue weighted by Crippen LogP contribution is -1.96. The molecule has 0 amide bonds. The van der Waals surface area contributed by atoms with Gasteiger partial charge in [0.25, 0.3) is 0 Å². The van der Waals surface area contributed by atoms with Gasteiger partial charge in [0.15, 0.2) is 0 Å². The molecule has 0 fully saturated rings. The third kappa shape index (κ3) is 1.70. The van der Waals surface area contributed by atoms with Gasteiger partial charge in [-0.05, 0) is 23.6 Å². The Morgan fingerprint density at radius 3 is 3.00 bits per heavy atom. The molecule has 2 rings (SSSR count). The van der Waals surface area contributed by atoms with Gasteiger partial charge in [0.2, 0.25) is 0 Å². The molecular weight excluding hydrogens is 189 g/mol. The molecule has 0 atom stereocenters. The number of benzene rings is 1. The summed E-state index contributed by atoms with van der Waals surface area (Å²) in [5, 5.41) is 1.03. The van der Waals surface area contributed by atoms with Crippen molar-refractivity contribution in [1.29, 1.82) is 0 Å². The number of fused-ring (bicyclic) bond motifs is 1. The van der Waals surface area contributed by atoms with E-state index in [0.717, 1.165) is 15.0 Å². The molecule has 0 unspecified atom stereocenters. The number of thiophene rings is 1. The monoisotopic (exact) mass is 197 g/mol. The van der Waals surface area contributed by atoms with Crippen LogP contribution in [0, 0.1) is 5.82 Å². The predicted molar refractivity (Wildman–Crippen MR) is 50.8 cm³/mol. The second-order valence-corrected chi connectivity index (χ2v) is 3.87. The zero-order chi connectivity index (χ0) is 9.26. The molecule has 0 aliphatic rings. The van der Waals surface area contributed by atoms with Gasteiger partial charge >= 0.3 is 0 Å². The Kier molecular flexibility index (Phi) is 2.26. The van der Waals surface area contributed by atoms with E-state index < -0.39 is 0 Å². The first kappa shape index (κ1) is 8.62. The van der Waals surface area contributed by atoms with Crippen LogP contribution in [-0.2, 0) is 11.4 Å². The fraction of sp³-hybridized carbons (Fsp3) is 0.111. The van der Waals surface area contributed by atoms with Gasteiger partial charge in [-0.25, -0.2) is 10.3 Å². The maximum Gasteiger partial charge on any atom is 0.124 e. The number of hydrogen-bond donors (Lipinski definition) is 1. The van der Waals surface area contributed by atoms with Gasteiger partial charge in [-0.1, -0.05) is 6.07 Å². The van der Waals surface area contributed by atoms with Crippen LogP contribution < -0.4 is 5.90 Å². The standard InChI is InChI=1S/C9H8FNOS/c10-7-2-1-6-3-8(5-12-11)13-9(6)4-7/h1-4H,5,11H2. The van der Waals surface area contributed by atoms with E-state index in [-0.39, 0.29) is 5.82 Å². The van der Waals surface area contributed by atoms with Crippen molar-refractivity contribution in [2.45, 2.75) is 6.61 Å². The summed E-state index contributed by atoms with van der Waals surface area (Å²) in [4.78, 5) is 5.51. The van der Waals surface area contributed by atoms with Crippen LogP contribution in [0.1, 0.15) is 4.88 Å². The van der Waals surface area contributed by atoms with E-state index in [0.29, 0.717) is 6.61 Å². The lowest BCUT2D eigenvalue weighted by molar-refractivity contribution is 0.126. The van der Waals surface area contributed by atoms with E-state index in [2.05, 4.69) is 4.84 Å². The average molecular weight is 197 g/mol. The molecule has 1 heterocycles. The lowest BCUT2D eigenvalue weighted by Gasteiger charge is -1.88. The molecule has 1 aromatic heterocycles. The number of hydrogen-bond acceptors (Lipinski definition) is 3. The molecule has 0 aliphatic heterocycles. The first-order chi connectivity index (χ1) is 6.29. The van der Waals surface area contributed by atoms with Gasteiger partial charge < -0.3 is 0 Å². The van der Waals surface area contributed by atoms with Crippen molar-refractivity contribution < 1.29 is 9.23 Å². The van der Waals surface area contributed by atoms with E-state index >= 15 is 0 Å². The van der Waals surface area contributed by atoms with E-state index in [1.165, 1.54) is 23.5 Å². The van der Waals surface area contributed by atoms with Crippen molar-refractivity contribution in [1.82, 2.24) is 0 Å². The van der Waals surface area contributed by atoms with Gasteiger partial charge in [-0.15, -0.1) is 11.3 Å². The summed E-state index contributed by atoms with van der Waals surface area (Å²) in [5.41, 5.74) is 0. The molecule has 0 aliphatic carbocycles. The first-order valence-electron chi connectivity index (χ1n) is 3.79. The smallest absolute Gasteiger partial charge is 0.124 e. The Bertz CT molecular complexity index is 426. The van der Waals surface area contributed by atoms with E-state index in [9.17, 15) is 4.39 Å². The van der Waals surface area contributed by atoms with Crippen molar-refractivity contribution in [2.24, 2.45) is 5.90 Å². The van der Waals surface area contributed by atoms with Crippen molar-refractivity contribution in [3.05, 3.63) is 35.0 Å². The molecule has 0 saturated heterocycles. The van der Waals surface area contributed by atoms with Crippen molar-refractivity contribution in [3.63, 3.8) is 0 Å². The quantitative estimate of drug-likeness (QED) is 0.750. The van der Waals surface area contributed by atoms with E-state index in [4.69, 9.17) is 5.90 Å². The van der Waals surface area contributed by atoms with Crippen LogP contribution in [0.5, 0.6) is 0 Å². The summed E-state index contributed by atoms with van der Waals surface area (Å²) >= 11 is 1.49. The molecule has 13 heavy (non-hydrogen) atoms. The zero-order valence-electron chi connectivity index (χ0n) is 6.79. The number of halogens is 1. The third-order valence-electron chi connectivity index (χ3n) is 1.76. The molecule has 2 N–H and O–H groups in total. The minimum absolute atomic E-state index is 0.213. The van der Waals surface area contributed by atoms with Crippen LogP contribution in [0.4, 0.5) is 4.39 Å². The molecule has 2 aromatic rings. The minimum atomic E-state index is -0.213. The normalized spacial score (nSPS) is 10.9. The van der Waals surface area contributed by atoms with Crippen LogP contribution in [0.3, 0.4) is 0 Å². The molecule has 0 bridgehead atoms. The summed E-state index contributed by atoms with van der Waals surface area (Å²) in [6.45, 7) is 0.376. The summed E-state index contributed by atoms with van der Waals surface area (Å²) in [7, 11) is 0. The van der Waals surface area contributed by atoms with Gasteiger partial charge in [-0.3, -0.25) is 4.84 Å². The largest absolute Gasteiger partial charge is 0.299 e. The highest BCUT2D eigenvalue weighted by Gasteiger charge is 2.02. The molecule has 1 aromatic carbocycles. The first-order valence-corrected chi connectivity index (χ1v) is 4.61.